The SMILES string of the molecule is C=C/C(=C\C=N)C/C=C\C=C\c1cccc(C2=CC[C@H](C3C=CC(C4C=CC=C(C/C=C\CCC5=CNCC5)C4)CC3)CC2N[C@H]2C=C3C=CCC[C@H]3CC2)c1. The van der Waals surface area contributed by atoms with Gasteiger partial charge in [0.1, 0.15) is 0 Å². The molecule has 0 spiro atoms. The summed E-state index contributed by atoms with van der Waals surface area (Å²) < 4.78 is 0. The lowest BCUT2D eigenvalue weighted by molar-refractivity contribution is 0.271. The highest BCUT2D eigenvalue weighted by atomic mass is 15.0. The topological polar surface area (TPSA) is 47.9 Å². The monoisotopic (exact) mass is 744 g/mol. The number of fused-ring (bicyclic) bond motifs is 1. The number of hydrogen-bond donors (Lipinski definition) is 3. The molecule has 56 heavy (non-hydrogen) atoms. The normalized spacial score (nSPS) is 29.2. The molecule has 1 aromatic rings. The molecule has 0 amide bonds. The molecule has 6 aliphatic rings. The van der Waals surface area contributed by atoms with E-state index in [-0.39, 0.29) is 0 Å². The summed E-state index contributed by atoms with van der Waals surface area (Å²) in [5, 5.41) is 14.9. The average Bonchev–Trinajstić information content (AvgIpc) is 3.77. The van der Waals surface area contributed by atoms with Gasteiger partial charge >= 0.3 is 0 Å². The number of rotatable bonds is 16. The van der Waals surface area contributed by atoms with Crippen molar-refractivity contribution < 1.29 is 0 Å². The second-order valence-electron chi connectivity index (χ2n) is 17.0. The first-order chi connectivity index (χ1) is 27.6. The van der Waals surface area contributed by atoms with Crippen LogP contribution in [-0.4, -0.2) is 24.8 Å². The van der Waals surface area contributed by atoms with Crippen LogP contribution in [0.25, 0.3) is 11.6 Å². The zero-order chi connectivity index (χ0) is 38.4. The van der Waals surface area contributed by atoms with Gasteiger partial charge in [-0.05, 0) is 166 Å². The van der Waals surface area contributed by atoms with Gasteiger partial charge in [-0.2, -0.15) is 0 Å². The lowest BCUT2D eigenvalue weighted by atomic mass is 9.70. The zero-order valence-corrected chi connectivity index (χ0v) is 33.6. The summed E-state index contributed by atoms with van der Waals surface area (Å²) in [6, 6.07) is 9.90. The Morgan fingerprint density at radius 2 is 1.89 bits per heavy atom. The molecule has 1 heterocycles. The first-order valence-electron chi connectivity index (χ1n) is 21.9. The first-order valence-corrected chi connectivity index (χ1v) is 21.9. The molecular weight excluding hydrogens is 679 g/mol. The molecule has 0 saturated heterocycles. The fourth-order valence-corrected chi connectivity index (χ4v) is 9.95. The molecule has 3 nitrogen and oxygen atoms in total. The fourth-order valence-electron chi connectivity index (χ4n) is 9.95. The Morgan fingerprint density at radius 3 is 2.75 bits per heavy atom. The molecule has 0 fully saturated rings. The molecule has 4 unspecified atom stereocenters. The predicted molar refractivity (Wildman–Crippen MR) is 241 cm³/mol. The Balaban J connectivity index is 0.994. The third-order valence-corrected chi connectivity index (χ3v) is 13.2. The molecule has 0 bridgehead atoms. The van der Waals surface area contributed by atoms with Crippen molar-refractivity contribution >= 4 is 17.9 Å². The number of nitrogens with one attached hydrogen (secondary N) is 3. The molecule has 7 rings (SSSR count). The lowest BCUT2D eigenvalue weighted by Gasteiger charge is -2.39. The minimum absolute atomic E-state index is 0.344. The van der Waals surface area contributed by atoms with Gasteiger partial charge in [0.2, 0.25) is 0 Å². The van der Waals surface area contributed by atoms with E-state index < -0.39 is 0 Å². The molecular formula is C53H65N3. The van der Waals surface area contributed by atoms with Crippen LogP contribution in [-0.2, 0) is 0 Å². The van der Waals surface area contributed by atoms with Crippen molar-refractivity contribution in [2.45, 2.75) is 102 Å². The number of allylic oxidation sites excluding steroid dienone is 18. The standard InChI is InChI=1S/C53H65N3/c1-2-40(31-33-54)13-5-3-6-15-42-18-12-22-50(36-42)52-30-28-49(38-53(52)56-51-29-27-44-19-9-10-20-48(44)37-51)46-25-23-45(24-26-46)47-21-11-17-41(35-47)14-7-4-8-16-43-32-34-55-39-43/h2-7,10-12,15,17-18,20-23,25,30-31,33,36-37,39,44-47,49,51,53-56H,1,8-9,13-14,16,19,24,26-29,32,34-35,38H2/b5-3-,7-4-,15-6+,40-31+,54-33?/t44-,45?,46?,47?,49-,51+,53?/m0/s1. The smallest absolute Gasteiger partial charge is 0.0331 e. The highest BCUT2D eigenvalue weighted by Crippen LogP contribution is 2.42. The van der Waals surface area contributed by atoms with Gasteiger partial charge in [0.15, 0.2) is 0 Å². The minimum Gasteiger partial charge on any atom is -0.391 e. The van der Waals surface area contributed by atoms with Crippen LogP contribution in [0.3, 0.4) is 0 Å². The maximum Gasteiger partial charge on any atom is 0.0331 e. The fraction of sp³-hybridized carbons (Fsp3) is 0.415. The summed E-state index contributed by atoms with van der Waals surface area (Å²) in [7, 11) is 0. The van der Waals surface area contributed by atoms with Crippen LogP contribution in [0.2, 0.25) is 0 Å². The first kappa shape index (κ1) is 39.8. The largest absolute Gasteiger partial charge is 0.391 e. The predicted octanol–water partition coefficient (Wildman–Crippen LogP) is 12.9. The van der Waals surface area contributed by atoms with Crippen molar-refractivity contribution in [2.75, 3.05) is 6.54 Å². The van der Waals surface area contributed by atoms with E-state index in [9.17, 15) is 0 Å². The van der Waals surface area contributed by atoms with Crippen LogP contribution in [0.4, 0.5) is 0 Å². The summed E-state index contributed by atoms with van der Waals surface area (Å²) in [4.78, 5) is 0. The third-order valence-electron chi connectivity index (χ3n) is 13.2. The van der Waals surface area contributed by atoms with Crippen LogP contribution < -0.4 is 10.6 Å². The van der Waals surface area contributed by atoms with Crippen LogP contribution in [0.1, 0.15) is 101 Å². The van der Waals surface area contributed by atoms with Gasteiger partial charge in [0, 0.05) is 24.8 Å². The quantitative estimate of drug-likeness (QED) is 0.0897. The Morgan fingerprint density at radius 1 is 0.964 bits per heavy atom. The van der Waals surface area contributed by atoms with Gasteiger partial charge in [-0.1, -0.05) is 133 Å². The molecule has 3 N–H and O–H groups in total. The third kappa shape index (κ3) is 11.1. The Labute approximate surface area is 338 Å². The zero-order valence-electron chi connectivity index (χ0n) is 33.6. The Bertz CT molecular complexity index is 1870. The molecule has 0 radical (unpaired) electrons. The van der Waals surface area contributed by atoms with E-state index in [1.165, 1.54) is 87.1 Å². The Kier molecular flexibility index (Phi) is 14.6. The summed E-state index contributed by atoms with van der Waals surface area (Å²) in [6.07, 6.45) is 59.6. The second-order valence-corrected chi connectivity index (χ2v) is 17.0. The van der Waals surface area contributed by atoms with Crippen LogP contribution >= 0.6 is 0 Å². The van der Waals surface area contributed by atoms with E-state index in [1.54, 1.807) is 22.8 Å². The average molecular weight is 744 g/mol. The highest BCUT2D eigenvalue weighted by Gasteiger charge is 2.34. The molecule has 1 aliphatic heterocycles. The lowest BCUT2D eigenvalue weighted by Crippen LogP contribution is -2.43. The maximum absolute atomic E-state index is 7.33. The van der Waals surface area contributed by atoms with Gasteiger partial charge in [-0.3, -0.25) is 0 Å². The molecule has 1 aromatic carbocycles. The van der Waals surface area contributed by atoms with Gasteiger partial charge < -0.3 is 16.0 Å². The summed E-state index contributed by atoms with van der Waals surface area (Å²) in [6.45, 7) is 4.98. The van der Waals surface area contributed by atoms with E-state index in [0.29, 0.717) is 35.8 Å². The van der Waals surface area contributed by atoms with Crippen molar-refractivity contribution in [1.29, 1.82) is 5.41 Å². The molecule has 0 aromatic heterocycles. The van der Waals surface area contributed by atoms with Crippen molar-refractivity contribution in [1.82, 2.24) is 10.6 Å². The van der Waals surface area contributed by atoms with Crippen LogP contribution in [0.5, 0.6) is 0 Å². The summed E-state index contributed by atoms with van der Waals surface area (Å²) in [5.74, 6) is 3.35. The van der Waals surface area contributed by atoms with Crippen molar-refractivity contribution in [3.05, 3.63) is 168 Å². The molecule has 5 aliphatic carbocycles. The minimum atomic E-state index is 0.344. The van der Waals surface area contributed by atoms with Crippen LogP contribution in [0.15, 0.2) is 157 Å². The van der Waals surface area contributed by atoms with E-state index >= 15 is 0 Å². The number of hydrogen-bond acceptors (Lipinski definition) is 3. The van der Waals surface area contributed by atoms with E-state index in [0.717, 1.165) is 43.7 Å². The summed E-state index contributed by atoms with van der Waals surface area (Å²) >= 11 is 0. The van der Waals surface area contributed by atoms with Crippen molar-refractivity contribution in [3.63, 3.8) is 0 Å². The van der Waals surface area contributed by atoms with Gasteiger partial charge in [0.05, 0.1) is 0 Å². The van der Waals surface area contributed by atoms with Crippen molar-refractivity contribution in [2.24, 2.45) is 29.6 Å². The van der Waals surface area contributed by atoms with E-state index in [4.69, 9.17) is 5.41 Å². The summed E-state index contributed by atoms with van der Waals surface area (Å²) in [5.41, 5.74) is 9.82. The van der Waals surface area contributed by atoms with Gasteiger partial charge in [-0.25, -0.2) is 0 Å². The van der Waals surface area contributed by atoms with Gasteiger partial charge in [0.25, 0.3) is 0 Å². The Hall–Kier alpha value is -4.47. The van der Waals surface area contributed by atoms with Crippen LogP contribution in [0, 0.1) is 35.0 Å². The molecule has 7 atom stereocenters. The maximum atomic E-state index is 7.33. The number of benzene rings is 1. The molecule has 3 heteroatoms. The second kappa shape index (κ2) is 20.6. The van der Waals surface area contributed by atoms with Crippen molar-refractivity contribution in [3.8, 4) is 0 Å². The molecule has 0 saturated carbocycles. The van der Waals surface area contributed by atoms with E-state index in [2.05, 4.69) is 139 Å². The van der Waals surface area contributed by atoms with Gasteiger partial charge in [-0.15, -0.1) is 0 Å². The molecule has 292 valence electrons. The highest BCUT2D eigenvalue weighted by molar-refractivity contribution is 5.73. The van der Waals surface area contributed by atoms with E-state index in [1.807, 2.05) is 6.08 Å².